The second kappa shape index (κ2) is 9.89. The Morgan fingerprint density at radius 2 is 1.43 bits per heavy atom. The van der Waals surface area contributed by atoms with E-state index in [1.807, 2.05) is 0 Å². The lowest BCUT2D eigenvalue weighted by Gasteiger charge is -2.25. The number of carbonyl (C=O) groups is 2. The van der Waals surface area contributed by atoms with Crippen LogP contribution in [0.2, 0.25) is 0 Å². The minimum atomic E-state index is -3.21. The first-order chi connectivity index (χ1) is 9.79. The van der Waals surface area contributed by atoms with E-state index in [0.717, 1.165) is 0 Å². The Bertz CT molecular complexity index is 361. The molecule has 0 aromatic carbocycles. The van der Waals surface area contributed by atoms with Crippen LogP contribution in [0.5, 0.6) is 0 Å². The van der Waals surface area contributed by atoms with E-state index >= 15 is 0 Å². The van der Waals surface area contributed by atoms with Gasteiger partial charge >= 0.3 is 11.9 Å². The van der Waals surface area contributed by atoms with Crippen molar-refractivity contribution in [3.8, 4) is 0 Å². The Morgan fingerprint density at radius 1 is 1.05 bits per heavy atom. The second-order valence-electron chi connectivity index (χ2n) is 4.46. The van der Waals surface area contributed by atoms with Gasteiger partial charge < -0.3 is 15.2 Å². The highest BCUT2D eigenvalue weighted by molar-refractivity contribution is 7.60. The molecule has 0 unspecified atom stereocenters. The van der Waals surface area contributed by atoms with Crippen LogP contribution in [-0.2, 0) is 23.6 Å². The van der Waals surface area contributed by atoms with Crippen LogP contribution in [0.3, 0.4) is 0 Å². The average Bonchev–Trinajstić information content (AvgIpc) is 2.38. The van der Waals surface area contributed by atoms with Crippen LogP contribution >= 0.6 is 7.44 Å². The van der Waals surface area contributed by atoms with Gasteiger partial charge in [-0.3, -0.25) is 14.2 Å². The molecule has 4 N–H and O–H groups in total. The Morgan fingerprint density at radius 3 is 1.71 bits per heavy atom. The molecule has 0 rings (SSSR count). The molecule has 0 bridgehead atoms. The molecule has 0 aromatic heterocycles. The van der Waals surface area contributed by atoms with Crippen LogP contribution in [0.4, 0.5) is 0 Å². The van der Waals surface area contributed by atoms with Gasteiger partial charge in [0, 0.05) is 12.7 Å². The van der Waals surface area contributed by atoms with Crippen molar-refractivity contribution in [2.24, 2.45) is 5.73 Å². The van der Waals surface area contributed by atoms with Gasteiger partial charge in [0.25, 0.3) is 0 Å². The lowest BCUT2D eigenvalue weighted by atomic mass is 10.4. The molecule has 2 atom stereocenters. The van der Waals surface area contributed by atoms with Gasteiger partial charge in [-0.1, -0.05) is 0 Å². The van der Waals surface area contributed by atoms with Crippen LogP contribution in [-0.4, -0.2) is 49.9 Å². The molecule has 9 heteroatoms. The van der Waals surface area contributed by atoms with Crippen molar-refractivity contribution >= 4 is 19.4 Å². The summed E-state index contributed by atoms with van der Waals surface area (Å²) in [4.78, 5) is 23.2. The fourth-order valence-electron chi connectivity index (χ4n) is 1.61. The van der Waals surface area contributed by atoms with Gasteiger partial charge in [-0.05, 0) is 27.7 Å². The van der Waals surface area contributed by atoms with E-state index in [1.54, 1.807) is 13.8 Å². The Hall–Kier alpha value is -0.950. The maximum atomic E-state index is 12.7. The van der Waals surface area contributed by atoms with Crippen LogP contribution in [0.1, 0.15) is 27.7 Å². The monoisotopic (exact) mass is 323 g/mol. The zero-order chi connectivity index (χ0) is 16.5. The standard InChI is InChI=1S/C12H26N3O5P/c1-5-19-11(16)9(3)14-21(18,8-7-13)15-10(4)12(17)20-6-2/h9-10H,5-8,13H2,1-4H3,(H2,14,15,18)/t9-,10-/m0/s1. The minimum Gasteiger partial charge on any atom is -0.465 e. The molecular formula is C12H26N3O5P. The molecule has 0 saturated carbocycles. The fourth-order valence-corrected chi connectivity index (χ4v) is 3.77. The summed E-state index contributed by atoms with van der Waals surface area (Å²) in [7, 11) is -3.21. The van der Waals surface area contributed by atoms with Gasteiger partial charge in [-0.2, -0.15) is 0 Å². The molecule has 0 aliphatic rings. The lowest BCUT2D eigenvalue weighted by molar-refractivity contribution is -0.145. The van der Waals surface area contributed by atoms with E-state index in [0.29, 0.717) is 0 Å². The molecule has 0 aliphatic heterocycles. The third kappa shape index (κ3) is 7.57. The molecule has 124 valence electrons. The van der Waals surface area contributed by atoms with Gasteiger partial charge in [-0.25, -0.2) is 10.2 Å². The molecule has 0 aliphatic carbocycles. The summed E-state index contributed by atoms with van der Waals surface area (Å²) < 4.78 is 22.4. The van der Waals surface area contributed by atoms with E-state index < -0.39 is 31.5 Å². The molecule has 0 fully saturated rings. The summed E-state index contributed by atoms with van der Waals surface area (Å²) in [5.41, 5.74) is 5.45. The zero-order valence-electron chi connectivity index (χ0n) is 13.0. The van der Waals surface area contributed by atoms with Crippen LogP contribution in [0, 0.1) is 0 Å². The molecule has 0 radical (unpaired) electrons. The number of ether oxygens (including phenoxy) is 2. The molecule has 0 amide bonds. The molecular weight excluding hydrogens is 297 g/mol. The predicted molar refractivity (Wildman–Crippen MR) is 80.0 cm³/mol. The normalized spacial score (nSPS) is 14.3. The number of hydrogen-bond donors (Lipinski definition) is 3. The maximum Gasteiger partial charge on any atom is 0.323 e. The molecule has 0 heterocycles. The summed E-state index contributed by atoms with van der Waals surface area (Å²) in [5.74, 6) is -1.03. The number of hydrogen-bond acceptors (Lipinski definition) is 6. The SMILES string of the molecule is CCOC(=O)[C@H](C)NP(=O)(CCN)N[C@@H](C)C(=O)OCC. The number of carbonyl (C=O) groups excluding carboxylic acids is 2. The summed E-state index contributed by atoms with van der Waals surface area (Å²) in [6.45, 7) is 7.06. The predicted octanol–water partition coefficient (Wildman–Crippen LogP) is 0.221. The van der Waals surface area contributed by atoms with Gasteiger partial charge in [0.15, 0.2) is 0 Å². The van der Waals surface area contributed by atoms with E-state index in [-0.39, 0.29) is 25.9 Å². The Labute approximate surface area is 125 Å². The van der Waals surface area contributed by atoms with Crippen LogP contribution in [0.25, 0.3) is 0 Å². The lowest BCUT2D eigenvalue weighted by Crippen LogP contribution is -2.43. The van der Waals surface area contributed by atoms with Crippen molar-refractivity contribution < 1.29 is 23.6 Å². The first kappa shape index (κ1) is 20.1. The number of esters is 2. The molecule has 8 nitrogen and oxygen atoms in total. The van der Waals surface area contributed by atoms with Gasteiger partial charge in [0.1, 0.15) is 12.1 Å². The fraction of sp³-hybridized carbons (Fsp3) is 0.833. The van der Waals surface area contributed by atoms with Crippen molar-refractivity contribution in [3.05, 3.63) is 0 Å². The van der Waals surface area contributed by atoms with Crippen molar-refractivity contribution in [3.63, 3.8) is 0 Å². The van der Waals surface area contributed by atoms with Gasteiger partial charge in [0.2, 0.25) is 7.44 Å². The van der Waals surface area contributed by atoms with E-state index in [2.05, 4.69) is 10.2 Å². The van der Waals surface area contributed by atoms with Crippen molar-refractivity contribution in [2.45, 2.75) is 39.8 Å². The third-order valence-corrected chi connectivity index (χ3v) is 5.03. The zero-order valence-corrected chi connectivity index (χ0v) is 13.9. The summed E-state index contributed by atoms with van der Waals surface area (Å²) in [6, 6.07) is -1.55. The maximum absolute atomic E-state index is 12.7. The number of rotatable bonds is 10. The number of nitrogens with two attached hydrogens (primary N) is 1. The largest absolute Gasteiger partial charge is 0.465 e. The number of nitrogens with one attached hydrogen (secondary N) is 2. The molecule has 21 heavy (non-hydrogen) atoms. The first-order valence-electron chi connectivity index (χ1n) is 6.97. The Balaban J connectivity index is 4.79. The highest BCUT2D eigenvalue weighted by Crippen LogP contribution is 2.36. The molecule has 0 aromatic rings. The summed E-state index contributed by atoms with van der Waals surface area (Å²) in [6.07, 6.45) is 0.0977. The van der Waals surface area contributed by atoms with Crippen molar-refractivity contribution in [1.82, 2.24) is 10.2 Å². The van der Waals surface area contributed by atoms with Crippen LogP contribution < -0.4 is 15.9 Å². The quantitative estimate of drug-likeness (QED) is 0.386. The van der Waals surface area contributed by atoms with Gasteiger partial charge in [0.05, 0.1) is 13.2 Å². The first-order valence-corrected chi connectivity index (χ1v) is 8.86. The van der Waals surface area contributed by atoms with Crippen molar-refractivity contribution in [2.75, 3.05) is 25.9 Å². The second-order valence-corrected chi connectivity index (χ2v) is 6.90. The topological polar surface area (TPSA) is 120 Å². The van der Waals surface area contributed by atoms with E-state index in [1.165, 1.54) is 13.8 Å². The molecule has 0 spiro atoms. The minimum absolute atomic E-state index is 0.0977. The molecule has 0 saturated heterocycles. The highest BCUT2D eigenvalue weighted by Gasteiger charge is 2.30. The van der Waals surface area contributed by atoms with Gasteiger partial charge in [-0.15, -0.1) is 0 Å². The highest BCUT2D eigenvalue weighted by atomic mass is 31.2. The summed E-state index contributed by atoms with van der Waals surface area (Å²) in [5, 5.41) is 5.38. The smallest absolute Gasteiger partial charge is 0.323 e. The average molecular weight is 323 g/mol. The van der Waals surface area contributed by atoms with Crippen LogP contribution in [0.15, 0.2) is 0 Å². The Kier molecular flexibility index (Phi) is 9.44. The summed E-state index contributed by atoms with van der Waals surface area (Å²) >= 11 is 0. The third-order valence-electron chi connectivity index (χ3n) is 2.53. The van der Waals surface area contributed by atoms with E-state index in [4.69, 9.17) is 15.2 Å². The van der Waals surface area contributed by atoms with E-state index in [9.17, 15) is 14.2 Å². The van der Waals surface area contributed by atoms with Crippen molar-refractivity contribution in [1.29, 1.82) is 0 Å².